The van der Waals surface area contributed by atoms with E-state index in [9.17, 15) is 56.2 Å². The Kier molecular flexibility index (Phi) is 8.87. The van der Waals surface area contributed by atoms with Gasteiger partial charge in [0.2, 0.25) is 12.6 Å². The summed E-state index contributed by atoms with van der Waals surface area (Å²) in [6, 6.07) is 3.65. The van der Waals surface area contributed by atoms with E-state index in [0.29, 0.717) is 0 Å². The molecule has 1 aromatic rings. The van der Waals surface area contributed by atoms with Crippen LogP contribution in [0.2, 0.25) is 0 Å². The smallest absolute Gasteiger partial charge is 0.229 e. The predicted molar refractivity (Wildman–Crippen MR) is 138 cm³/mol. The van der Waals surface area contributed by atoms with Crippen molar-refractivity contribution in [3.8, 4) is 11.5 Å². The summed E-state index contributed by atoms with van der Waals surface area (Å²) in [5.74, 6) is -1.79. The Morgan fingerprint density at radius 1 is 0.674 bits per heavy atom. The van der Waals surface area contributed by atoms with Gasteiger partial charge in [-0.2, -0.15) is 0 Å². The van der Waals surface area contributed by atoms with Crippen LogP contribution in [-0.4, -0.2) is 137 Å². The maximum atomic E-state index is 10.9. The summed E-state index contributed by atoms with van der Waals surface area (Å²) in [7, 11) is 0. The molecule has 2 saturated heterocycles. The molecule has 5 rings (SSSR count). The van der Waals surface area contributed by atoms with Gasteiger partial charge in [0.1, 0.15) is 66.5 Å². The summed E-state index contributed by atoms with van der Waals surface area (Å²) < 4.78 is 28.3. The van der Waals surface area contributed by atoms with Crippen molar-refractivity contribution in [2.75, 3.05) is 13.2 Å². The van der Waals surface area contributed by atoms with E-state index < -0.39 is 98.0 Å². The van der Waals surface area contributed by atoms with Crippen molar-refractivity contribution >= 4 is 5.76 Å². The topological polar surface area (TPSA) is 269 Å². The van der Waals surface area contributed by atoms with Crippen molar-refractivity contribution in [1.29, 1.82) is 0 Å². The minimum Gasteiger partial charge on any atom is -0.507 e. The van der Waals surface area contributed by atoms with Gasteiger partial charge < -0.3 is 79.9 Å². The van der Waals surface area contributed by atoms with Crippen LogP contribution in [0, 0.1) is 0 Å². The minimum absolute atomic E-state index is 0.0903. The first kappa shape index (κ1) is 31.0. The van der Waals surface area contributed by atoms with Gasteiger partial charge in [0.05, 0.1) is 13.2 Å². The molecule has 11 atom stereocenters. The number of ether oxygens (including phenoxy) is 5. The Balaban J connectivity index is 1.46. The number of phenols is 2. The van der Waals surface area contributed by atoms with Gasteiger partial charge in [-0.1, -0.05) is 0 Å². The van der Waals surface area contributed by atoms with Crippen LogP contribution in [0.15, 0.2) is 59.3 Å². The van der Waals surface area contributed by atoms with Gasteiger partial charge in [0, 0.05) is 23.3 Å². The first-order valence-electron chi connectivity index (χ1n) is 13.2. The average molecular weight is 613 g/mol. The molecule has 0 bridgehead atoms. The van der Waals surface area contributed by atoms with E-state index in [1.165, 1.54) is 18.2 Å². The highest BCUT2D eigenvalue weighted by atomic mass is 16.7. The lowest BCUT2D eigenvalue weighted by Gasteiger charge is -2.41. The Morgan fingerprint density at radius 3 is 1.81 bits per heavy atom. The summed E-state index contributed by atoms with van der Waals surface area (Å²) >= 11 is 0. The number of hydrogen-bond acceptors (Lipinski definition) is 16. The Hall–Kier alpha value is -3.42. The van der Waals surface area contributed by atoms with Crippen LogP contribution in [0.1, 0.15) is 5.56 Å². The van der Waals surface area contributed by atoms with Crippen molar-refractivity contribution in [3.05, 3.63) is 64.8 Å². The highest BCUT2D eigenvalue weighted by Gasteiger charge is 2.47. The third-order valence-electron chi connectivity index (χ3n) is 7.38. The second kappa shape index (κ2) is 12.3. The zero-order chi connectivity index (χ0) is 31.2. The van der Waals surface area contributed by atoms with E-state index in [2.05, 4.69) is 0 Å². The van der Waals surface area contributed by atoms with E-state index in [1.807, 2.05) is 0 Å². The van der Waals surface area contributed by atoms with Gasteiger partial charge in [-0.05, 0) is 24.3 Å². The van der Waals surface area contributed by atoms with Gasteiger partial charge in [-0.25, -0.2) is 0 Å². The standard InChI is InChI=1S/C27H32O16/c28-7-17-19(33)21(35)23(37)26(42-17)39-10-4-13(31)11-6-16(41-27-24(38)22(36)20(34)18(8-29)43-27)25(40-15(11)5-10)9-1-2-12(30)14(32)3-9/h1-6,15,17-24,26-38H,7-8H2/t15?,17-,18-,19-,20-,21+,22+,23-,24-,26-,27-/m1/s1. The Morgan fingerprint density at radius 2 is 1.26 bits per heavy atom. The molecule has 0 amide bonds. The number of phenolic OH excluding ortho intramolecular Hbond substituents is 2. The number of aliphatic hydroxyl groups excluding tert-OH is 9. The summed E-state index contributed by atoms with van der Waals surface area (Å²) in [6.45, 7) is -1.40. The SMILES string of the molecule is OC[C@H]1O[C@@H](OC2=CC3OC(c4ccc(O)c(O)c4)=C(O[C@@H]4O[C@H](CO)[C@@H](O)[C@H](O)[C@H]4O)C=C3C(O)=C2)[C@H](O)[C@@H](O)[C@@H]1O. The number of allylic oxidation sites excluding steroid dienone is 2. The van der Waals surface area contributed by atoms with Crippen molar-refractivity contribution < 1.29 is 79.9 Å². The summed E-state index contributed by atoms with van der Waals surface area (Å²) in [4.78, 5) is 0. The van der Waals surface area contributed by atoms with E-state index in [0.717, 1.165) is 18.2 Å². The molecule has 1 unspecified atom stereocenters. The number of fused-ring (bicyclic) bond motifs is 1. The monoisotopic (exact) mass is 612 g/mol. The van der Waals surface area contributed by atoms with Crippen molar-refractivity contribution in [2.24, 2.45) is 0 Å². The fourth-order valence-electron chi connectivity index (χ4n) is 4.92. The number of aromatic hydroxyl groups is 2. The molecule has 2 fully saturated rings. The normalized spacial score (nSPS) is 37.9. The van der Waals surface area contributed by atoms with E-state index in [1.54, 1.807) is 0 Å². The lowest BCUT2D eigenvalue weighted by atomic mass is 9.96. The van der Waals surface area contributed by atoms with Crippen LogP contribution in [0.4, 0.5) is 0 Å². The van der Waals surface area contributed by atoms with Crippen LogP contribution < -0.4 is 0 Å². The van der Waals surface area contributed by atoms with E-state index >= 15 is 0 Å². The third kappa shape index (κ3) is 5.89. The Labute approximate surface area is 243 Å². The lowest BCUT2D eigenvalue weighted by molar-refractivity contribution is -0.290. The molecule has 0 radical (unpaired) electrons. The highest BCUT2D eigenvalue weighted by molar-refractivity contribution is 5.70. The Bertz CT molecular complexity index is 1320. The molecular weight excluding hydrogens is 580 g/mol. The first-order valence-corrected chi connectivity index (χ1v) is 13.2. The van der Waals surface area contributed by atoms with Crippen LogP contribution in [0.25, 0.3) is 5.76 Å². The molecular formula is C27H32O16. The highest BCUT2D eigenvalue weighted by Crippen LogP contribution is 2.40. The number of hydrogen-bond donors (Lipinski definition) is 11. The van der Waals surface area contributed by atoms with Gasteiger partial charge in [-0.15, -0.1) is 0 Å². The fourth-order valence-corrected chi connectivity index (χ4v) is 4.92. The molecule has 43 heavy (non-hydrogen) atoms. The van der Waals surface area contributed by atoms with Gasteiger partial charge in [0.15, 0.2) is 23.0 Å². The zero-order valence-corrected chi connectivity index (χ0v) is 22.2. The molecule has 11 N–H and O–H groups in total. The largest absolute Gasteiger partial charge is 0.507 e. The summed E-state index contributed by atoms with van der Waals surface area (Å²) in [5.41, 5.74) is 0.233. The molecule has 0 saturated carbocycles. The van der Waals surface area contributed by atoms with Crippen LogP contribution >= 0.6 is 0 Å². The molecule has 0 spiro atoms. The fraction of sp³-hybridized carbons (Fsp3) is 0.481. The summed E-state index contributed by atoms with van der Waals surface area (Å²) in [6.07, 6.45) is -13.3. The minimum atomic E-state index is -1.79. The number of rotatable bonds is 7. The molecule has 3 heterocycles. The molecule has 4 aliphatic rings. The van der Waals surface area contributed by atoms with E-state index in [4.69, 9.17) is 23.7 Å². The molecule has 16 heteroatoms. The first-order chi connectivity index (χ1) is 20.4. The molecule has 236 valence electrons. The average Bonchev–Trinajstić information content (AvgIpc) is 2.99. The zero-order valence-electron chi connectivity index (χ0n) is 22.2. The maximum absolute atomic E-state index is 10.9. The van der Waals surface area contributed by atoms with Crippen LogP contribution in [0.5, 0.6) is 11.5 Å². The van der Waals surface area contributed by atoms with Crippen LogP contribution in [0.3, 0.4) is 0 Å². The van der Waals surface area contributed by atoms with Gasteiger partial charge in [0.25, 0.3) is 0 Å². The van der Waals surface area contributed by atoms with Crippen molar-refractivity contribution in [1.82, 2.24) is 0 Å². The quantitative estimate of drug-likeness (QED) is 0.138. The predicted octanol–water partition coefficient (Wildman–Crippen LogP) is -2.94. The van der Waals surface area contributed by atoms with E-state index in [-0.39, 0.29) is 28.4 Å². The van der Waals surface area contributed by atoms with Gasteiger partial charge >= 0.3 is 0 Å². The van der Waals surface area contributed by atoms with Crippen molar-refractivity contribution in [3.63, 3.8) is 0 Å². The molecule has 16 nitrogen and oxygen atoms in total. The molecule has 1 aromatic carbocycles. The van der Waals surface area contributed by atoms with Gasteiger partial charge in [-0.3, -0.25) is 0 Å². The van der Waals surface area contributed by atoms with Crippen LogP contribution in [-0.2, 0) is 23.7 Å². The molecule has 0 aromatic heterocycles. The van der Waals surface area contributed by atoms with Crippen molar-refractivity contribution in [2.45, 2.75) is 67.5 Å². The molecule has 3 aliphatic heterocycles. The number of benzene rings is 1. The summed E-state index contributed by atoms with van der Waals surface area (Å²) in [5, 5.41) is 111. The number of aliphatic hydroxyl groups is 9. The lowest BCUT2D eigenvalue weighted by Crippen LogP contribution is -2.59. The maximum Gasteiger partial charge on any atom is 0.229 e. The second-order valence-corrected chi connectivity index (χ2v) is 10.3. The molecule has 1 aliphatic carbocycles. The second-order valence-electron chi connectivity index (χ2n) is 10.3. The third-order valence-corrected chi connectivity index (χ3v) is 7.38.